The van der Waals surface area contributed by atoms with Crippen molar-refractivity contribution in [2.24, 2.45) is 10.9 Å². The molecule has 0 saturated carbocycles. The quantitative estimate of drug-likeness (QED) is 0.0656. The van der Waals surface area contributed by atoms with Crippen molar-refractivity contribution in [3.05, 3.63) is 119 Å². The number of methoxy groups -OCH3 is 1. The first-order chi connectivity index (χ1) is 20.7. The Labute approximate surface area is 250 Å². The molecule has 0 heterocycles. The second-order valence-corrected chi connectivity index (χ2v) is 11.3. The molecule has 224 valence electrons. The first kappa shape index (κ1) is 30.7. The number of sulfonamides is 1. The van der Waals surface area contributed by atoms with Crippen LogP contribution < -0.4 is 30.6 Å². The number of carbonyl (C=O) groups excluding carboxylic acids is 1. The van der Waals surface area contributed by atoms with Gasteiger partial charge in [-0.05, 0) is 41.5 Å². The first-order valence-corrected chi connectivity index (χ1v) is 15.1. The van der Waals surface area contributed by atoms with Gasteiger partial charge in [0, 0.05) is 29.4 Å². The number of benzene rings is 4. The van der Waals surface area contributed by atoms with E-state index in [9.17, 15) is 13.2 Å². The van der Waals surface area contributed by atoms with E-state index in [1.54, 1.807) is 30.3 Å². The summed E-state index contributed by atoms with van der Waals surface area (Å²) in [7, 11) is -2.30. The van der Waals surface area contributed by atoms with Gasteiger partial charge in [0.1, 0.15) is 12.6 Å². The highest BCUT2D eigenvalue weighted by molar-refractivity contribution is 7.92. The smallest absolute Gasteiger partial charge is 0.247 e. The predicted octanol–water partition coefficient (Wildman–Crippen LogP) is 4.21. The summed E-state index contributed by atoms with van der Waals surface area (Å²) in [6, 6.07) is 27.4. The van der Waals surface area contributed by atoms with Crippen LogP contribution in [0.3, 0.4) is 0 Å². The van der Waals surface area contributed by atoms with Crippen molar-refractivity contribution in [1.29, 1.82) is 0 Å². The lowest BCUT2D eigenvalue weighted by Crippen LogP contribution is -2.34. The second-order valence-electron chi connectivity index (χ2n) is 9.58. The standard InChI is InChI=1S/C31H33N5O6S/c1-41-27-17-25(26(36-43(2,39)40)18-28(27)42-20-22-11-7-4-8-12-22)29(31(37)33-19-21-9-5-3-6-10-21)34-24-15-13-23(14-16-24)30(32)35-38/h3-18,29,34,36,38H,19-20H2,1-2H3,(H2,32,35)(H,33,37). The second kappa shape index (κ2) is 14.1. The van der Waals surface area contributed by atoms with Crippen LogP contribution in [-0.4, -0.2) is 38.7 Å². The number of hydrogen-bond acceptors (Lipinski definition) is 8. The molecular formula is C31H33N5O6S. The Bertz CT molecular complexity index is 1660. The van der Waals surface area contributed by atoms with Gasteiger partial charge >= 0.3 is 0 Å². The van der Waals surface area contributed by atoms with Crippen LogP contribution in [0.5, 0.6) is 11.5 Å². The average molecular weight is 604 g/mol. The summed E-state index contributed by atoms with van der Waals surface area (Å²) in [4.78, 5) is 13.8. The van der Waals surface area contributed by atoms with Crippen LogP contribution in [0.1, 0.15) is 28.3 Å². The zero-order chi connectivity index (χ0) is 30.8. The van der Waals surface area contributed by atoms with Gasteiger partial charge in [0.25, 0.3) is 0 Å². The summed E-state index contributed by atoms with van der Waals surface area (Å²) < 4.78 is 39.0. The van der Waals surface area contributed by atoms with Gasteiger partial charge in [-0.25, -0.2) is 8.42 Å². The molecule has 0 bridgehead atoms. The van der Waals surface area contributed by atoms with E-state index >= 15 is 0 Å². The van der Waals surface area contributed by atoms with Crippen LogP contribution in [0.15, 0.2) is 102 Å². The van der Waals surface area contributed by atoms with Crippen molar-refractivity contribution in [3.63, 3.8) is 0 Å². The number of ether oxygens (including phenoxy) is 2. The Balaban J connectivity index is 1.74. The molecule has 4 aromatic carbocycles. The zero-order valence-electron chi connectivity index (χ0n) is 23.7. The highest BCUT2D eigenvalue weighted by atomic mass is 32.2. The molecule has 0 aliphatic carbocycles. The minimum atomic E-state index is -3.77. The summed E-state index contributed by atoms with van der Waals surface area (Å²) in [5.74, 6) is 0.0860. The highest BCUT2D eigenvalue weighted by Crippen LogP contribution is 2.38. The van der Waals surface area contributed by atoms with Crippen molar-refractivity contribution in [2.45, 2.75) is 19.2 Å². The van der Waals surface area contributed by atoms with E-state index in [0.29, 0.717) is 22.6 Å². The molecule has 0 aliphatic heterocycles. The summed E-state index contributed by atoms with van der Waals surface area (Å²) in [6.07, 6.45) is 1.02. The maximum absolute atomic E-state index is 13.8. The Hall–Kier alpha value is -5.23. The van der Waals surface area contributed by atoms with Gasteiger partial charge < -0.3 is 31.0 Å². The van der Waals surface area contributed by atoms with Crippen molar-refractivity contribution < 1.29 is 27.9 Å². The molecular weight excluding hydrogens is 570 g/mol. The summed E-state index contributed by atoms with van der Waals surface area (Å²) in [5, 5.41) is 18.1. The molecule has 0 aromatic heterocycles. The Kier molecular flexibility index (Phi) is 10.1. The molecule has 0 saturated heterocycles. The summed E-state index contributed by atoms with van der Waals surface area (Å²) >= 11 is 0. The fraction of sp³-hybridized carbons (Fsp3) is 0.161. The van der Waals surface area contributed by atoms with Crippen LogP contribution in [0, 0.1) is 0 Å². The number of hydrogen-bond donors (Lipinski definition) is 5. The van der Waals surface area contributed by atoms with Crippen LogP contribution >= 0.6 is 0 Å². The number of nitrogens with zero attached hydrogens (tertiary/aromatic N) is 1. The van der Waals surface area contributed by atoms with E-state index in [0.717, 1.165) is 17.4 Å². The predicted molar refractivity (Wildman–Crippen MR) is 166 cm³/mol. The van der Waals surface area contributed by atoms with Crippen molar-refractivity contribution in [3.8, 4) is 11.5 Å². The topological polar surface area (TPSA) is 164 Å². The van der Waals surface area contributed by atoms with E-state index in [1.165, 1.54) is 13.2 Å². The number of carbonyl (C=O) groups is 1. The van der Waals surface area contributed by atoms with Crippen LogP contribution in [0.2, 0.25) is 0 Å². The molecule has 11 nitrogen and oxygen atoms in total. The molecule has 0 radical (unpaired) electrons. The zero-order valence-corrected chi connectivity index (χ0v) is 24.5. The lowest BCUT2D eigenvalue weighted by molar-refractivity contribution is -0.122. The van der Waals surface area contributed by atoms with Crippen molar-refractivity contribution in [2.75, 3.05) is 23.4 Å². The van der Waals surface area contributed by atoms with Gasteiger partial charge in [0.2, 0.25) is 15.9 Å². The Morgan fingerprint density at radius 3 is 2.14 bits per heavy atom. The highest BCUT2D eigenvalue weighted by Gasteiger charge is 2.27. The minimum absolute atomic E-state index is 0.0702. The third kappa shape index (κ3) is 8.63. The van der Waals surface area contributed by atoms with Crippen molar-refractivity contribution in [1.82, 2.24) is 5.32 Å². The van der Waals surface area contributed by atoms with Crippen LogP contribution in [0.25, 0.3) is 0 Å². The SMILES string of the molecule is COc1cc(C(Nc2ccc(/C(N)=N\O)cc2)C(=O)NCc2ccccc2)c(NS(C)(=O)=O)cc1OCc1ccccc1. The molecule has 4 aromatic rings. The Morgan fingerprint density at radius 2 is 1.56 bits per heavy atom. The average Bonchev–Trinajstić information content (AvgIpc) is 3.02. The van der Waals surface area contributed by atoms with E-state index in [2.05, 4.69) is 20.5 Å². The number of anilines is 2. The summed E-state index contributed by atoms with van der Waals surface area (Å²) in [5.41, 5.74) is 8.89. The van der Waals surface area contributed by atoms with E-state index in [4.69, 9.17) is 20.4 Å². The van der Waals surface area contributed by atoms with Crippen LogP contribution in [0.4, 0.5) is 11.4 Å². The molecule has 0 spiro atoms. The molecule has 4 rings (SSSR count). The molecule has 1 atom stereocenters. The first-order valence-electron chi connectivity index (χ1n) is 13.2. The maximum atomic E-state index is 13.8. The number of amidine groups is 1. The van der Waals surface area contributed by atoms with Crippen LogP contribution in [-0.2, 0) is 28.0 Å². The molecule has 1 amide bonds. The number of nitrogens with one attached hydrogen (secondary N) is 3. The lowest BCUT2D eigenvalue weighted by Gasteiger charge is -2.24. The van der Waals surface area contributed by atoms with Crippen molar-refractivity contribution >= 4 is 33.1 Å². The number of rotatable bonds is 13. The molecule has 43 heavy (non-hydrogen) atoms. The van der Waals surface area contributed by atoms with Gasteiger partial charge in [-0.1, -0.05) is 65.8 Å². The van der Waals surface area contributed by atoms with E-state index in [1.807, 2.05) is 60.7 Å². The summed E-state index contributed by atoms with van der Waals surface area (Å²) in [6.45, 7) is 0.450. The lowest BCUT2D eigenvalue weighted by atomic mass is 10.0. The van der Waals surface area contributed by atoms with E-state index in [-0.39, 0.29) is 30.4 Å². The van der Waals surface area contributed by atoms with Gasteiger partial charge in [-0.3, -0.25) is 9.52 Å². The third-order valence-electron chi connectivity index (χ3n) is 6.35. The van der Waals surface area contributed by atoms with E-state index < -0.39 is 22.0 Å². The van der Waals surface area contributed by atoms with Gasteiger partial charge in [0.05, 0.1) is 19.1 Å². The molecule has 1 unspecified atom stereocenters. The molecule has 6 N–H and O–H groups in total. The number of amides is 1. The molecule has 12 heteroatoms. The fourth-order valence-electron chi connectivity index (χ4n) is 4.24. The maximum Gasteiger partial charge on any atom is 0.247 e. The van der Waals surface area contributed by atoms with Gasteiger partial charge in [0.15, 0.2) is 17.3 Å². The largest absolute Gasteiger partial charge is 0.493 e. The Morgan fingerprint density at radius 1 is 0.930 bits per heavy atom. The molecule has 0 fully saturated rings. The number of oxime groups is 1. The normalized spacial score (nSPS) is 12.2. The monoisotopic (exact) mass is 603 g/mol. The molecule has 0 aliphatic rings. The number of nitrogens with two attached hydrogens (primary N) is 1. The minimum Gasteiger partial charge on any atom is -0.493 e. The fourth-order valence-corrected chi connectivity index (χ4v) is 4.82. The van der Waals surface area contributed by atoms with Gasteiger partial charge in [-0.2, -0.15) is 0 Å². The van der Waals surface area contributed by atoms with Gasteiger partial charge in [-0.15, -0.1) is 0 Å². The third-order valence-corrected chi connectivity index (χ3v) is 6.94.